The van der Waals surface area contributed by atoms with Crippen LogP contribution in [0.15, 0.2) is 72.8 Å². The van der Waals surface area contributed by atoms with Crippen LogP contribution in [0.3, 0.4) is 0 Å². The van der Waals surface area contributed by atoms with Crippen LogP contribution in [0.25, 0.3) is 0 Å². The van der Waals surface area contributed by atoms with Gasteiger partial charge in [0.25, 0.3) is 5.91 Å². The third kappa shape index (κ3) is 5.67. The lowest BCUT2D eigenvalue weighted by molar-refractivity contribution is -0.115. The lowest BCUT2D eigenvalue weighted by Crippen LogP contribution is -2.26. The fourth-order valence-corrected chi connectivity index (χ4v) is 3.05. The predicted molar refractivity (Wildman–Crippen MR) is 117 cm³/mol. The smallest absolute Gasteiger partial charge is 0.253 e. The summed E-state index contributed by atoms with van der Waals surface area (Å²) in [5.41, 5.74) is 3.45. The number of halogens is 1. The van der Waals surface area contributed by atoms with Gasteiger partial charge in [-0.1, -0.05) is 42.5 Å². The molecule has 0 radical (unpaired) electrons. The van der Waals surface area contributed by atoms with Gasteiger partial charge in [0.15, 0.2) is 0 Å². The van der Waals surface area contributed by atoms with Gasteiger partial charge in [0.05, 0.1) is 12.0 Å². The number of nitrogens with one attached hydrogen (secondary N) is 2. The summed E-state index contributed by atoms with van der Waals surface area (Å²) in [5, 5.41) is 5.73. The number of hydrogen-bond donors (Lipinski definition) is 2. The van der Waals surface area contributed by atoms with Crippen molar-refractivity contribution >= 4 is 23.2 Å². The second kappa shape index (κ2) is 9.69. The van der Waals surface area contributed by atoms with Crippen LogP contribution < -0.4 is 15.5 Å². The highest BCUT2D eigenvalue weighted by molar-refractivity contribution is 6.02. The predicted octanol–water partition coefficient (Wildman–Crippen LogP) is 4.00. The highest BCUT2D eigenvalue weighted by Gasteiger charge is 2.15. The molecule has 2 N–H and O–H groups in total. The van der Waals surface area contributed by atoms with Crippen molar-refractivity contribution < 1.29 is 14.0 Å². The summed E-state index contributed by atoms with van der Waals surface area (Å²) in [7, 11) is 3.71. The van der Waals surface area contributed by atoms with E-state index in [2.05, 4.69) is 10.6 Å². The Morgan fingerprint density at radius 3 is 2.27 bits per heavy atom. The van der Waals surface area contributed by atoms with Gasteiger partial charge in [0.2, 0.25) is 5.91 Å². The van der Waals surface area contributed by atoms with E-state index in [1.165, 1.54) is 12.1 Å². The molecule has 0 fully saturated rings. The molecule has 3 aromatic rings. The average molecular weight is 405 g/mol. The number of carbonyl (C=O) groups excluding carboxylic acids is 2. The zero-order chi connectivity index (χ0) is 21.5. The highest BCUT2D eigenvalue weighted by atomic mass is 19.1. The van der Waals surface area contributed by atoms with E-state index >= 15 is 0 Å². The molecule has 2 amide bonds. The van der Waals surface area contributed by atoms with Crippen LogP contribution in [-0.4, -0.2) is 25.9 Å². The number of benzene rings is 3. The van der Waals surface area contributed by atoms with Crippen molar-refractivity contribution in [1.82, 2.24) is 5.32 Å². The Kier molecular flexibility index (Phi) is 6.80. The number of carbonyl (C=O) groups is 2. The molecule has 30 heavy (non-hydrogen) atoms. The van der Waals surface area contributed by atoms with E-state index in [1.807, 2.05) is 49.3 Å². The fourth-order valence-electron chi connectivity index (χ4n) is 3.05. The number of nitrogens with zero attached hydrogens (tertiary/aromatic N) is 1. The summed E-state index contributed by atoms with van der Waals surface area (Å²) in [4.78, 5) is 27.0. The second-order valence-electron chi connectivity index (χ2n) is 7.15. The van der Waals surface area contributed by atoms with E-state index in [4.69, 9.17) is 0 Å². The van der Waals surface area contributed by atoms with Crippen molar-refractivity contribution in [3.8, 4) is 0 Å². The minimum atomic E-state index is -0.343. The highest BCUT2D eigenvalue weighted by Crippen LogP contribution is 2.23. The van der Waals surface area contributed by atoms with Crippen LogP contribution in [0.2, 0.25) is 0 Å². The summed E-state index contributed by atoms with van der Waals surface area (Å²) >= 11 is 0. The summed E-state index contributed by atoms with van der Waals surface area (Å²) < 4.78 is 13.0. The molecule has 0 atom stereocenters. The lowest BCUT2D eigenvalue weighted by Gasteiger charge is -2.18. The Morgan fingerprint density at radius 2 is 1.60 bits per heavy atom. The molecule has 0 aliphatic carbocycles. The van der Waals surface area contributed by atoms with Gasteiger partial charge in [-0.05, 0) is 41.5 Å². The summed E-state index contributed by atoms with van der Waals surface area (Å²) in [6, 6.07) is 20.7. The fraction of sp³-hybridized carbons (Fsp3) is 0.167. The molecule has 0 spiro atoms. The maximum atomic E-state index is 13.0. The van der Waals surface area contributed by atoms with E-state index < -0.39 is 0 Å². The zero-order valence-corrected chi connectivity index (χ0v) is 17.0. The molecule has 5 nitrogen and oxygen atoms in total. The lowest BCUT2D eigenvalue weighted by atomic mass is 10.1. The largest absolute Gasteiger partial charge is 0.377 e. The Labute approximate surface area is 175 Å². The van der Waals surface area contributed by atoms with Crippen LogP contribution in [0.4, 0.5) is 15.8 Å². The van der Waals surface area contributed by atoms with Gasteiger partial charge in [0.1, 0.15) is 5.82 Å². The minimum Gasteiger partial charge on any atom is -0.377 e. The van der Waals surface area contributed by atoms with Gasteiger partial charge < -0.3 is 15.5 Å². The van der Waals surface area contributed by atoms with Crippen molar-refractivity contribution in [2.45, 2.75) is 13.0 Å². The third-order valence-electron chi connectivity index (χ3n) is 4.58. The van der Waals surface area contributed by atoms with Crippen molar-refractivity contribution in [3.05, 3.63) is 95.3 Å². The average Bonchev–Trinajstić information content (AvgIpc) is 2.74. The first-order valence-electron chi connectivity index (χ1n) is 9.60. The van der Waals surface area contributed by atoms with Gasteiger partial charge in [-0.15, -0.1) is 0 Å². The first-order valence-corrected chi connectivity index (χ1v) is 9.60. The van der Waals surface area contributed by atoms with Crippen LogP contribution in [0.1, 0.15) is 21.5 Å². The van der Waals surface area contributed by atoms with E-state index in [-0.39, 0.29) is 24.1 Å². The maximum absolute atomic E-state index is 13.0. The third-order valence-corrected chi connectivity index (χ3v) is 4.58. The molecule has 0 saturated heterocycles. The molecule has 0 aromatic heterocycles. The summed E-state index contributed by atoms with van der Waals surface area (Å²) in [6.07, 6.45) is 0.116. The Morgan fingerprint density at radius 1 is 0.900 bits per heavy atom. The Bertz CT molecular complexity index is 1020. The van der Waals surface area contributed by atoms with Gasteiger partial charge in [-0.3, -0.25) is 9.59 Å². The molecule has 6 heteroatoms. The molecular weight excluding hydrogens is 381 g/mol. The van der Waals surface area contributed by atoms with Gasteiger partial charge in [0, 0.05) is 32.0 Å². The Balaban J connectivity index is 1.72. The standard InChI is InChI=1S/C24H24FN3O2/c1-28(2)22-13-12-20(27-23(29)14-17-8-10-19(25)11-9-17)15-21(22)24(30)26-16-18-6-4-3-5-7-18/h3-13,15H,14,16H2,1-2H3,(H,26,30)(H,27,29). The molecule has 0 aliphatic heterocycles. The number of anilines is 2. The first-order chi connectivity index (χ1) is 14.4. The maximum Gasteiger partial charge on any atom is 0.253 e. The van der Waals surface area contributed by atoms with E-state index in [0.29, 0.717) is 23.4 Å². The molecule has 0 saturated carbocycles. The normalized spacial score (nSPS) is 10.4. The molecule has 3 aromatic carbocycles. The van der Waals surface area contributed by atoms with Crippen LogP contribution in [-0.2, 0) is 17.8 Å². The molecule has 0 heterocycles. The van der Waals surface area contributed by atoms with Crippen molar-refractivity contribution in [2.75, 3.05) is 24.3 Å². The monoisotopic (exact) mass is 405 g/mol. The quantitative estimate of drug-likeness (QED) is 0.625. The van der Waals surface area contributed by atoms with E-state index in [9.17, 15) is 14.0 Å². The Hall–Kier alpha value is -3.67. The topological polar surface area (TPSA) is 61.4 Å². The number of rotatable bonds is 7. The van der Waals surface area contributed by atoms with Gasteiger partial charge >= 0.3 is 0 Å². The molecule has 154 valence electrons. The number of hydrogen-bond acceptors (Lipinski definition) is 3. The molecule has 0 aliphatic rings. The van der Waals surface area contributed by atoms with Crippen molar-refractivity contribution in [2.24, 2.45) is 0 Å². The van der Waals surface area contributed by atoms with Crippen molar-refractivity contribution in [1.29, 1.82) is 0 Å². The zero-order valence-electron chi connectivity index (χ0n) is 17.0. The first kappa shape index (κ1) is 21.0. The van der Waals surface area contributed by atoms with Crippen LogP contribution in [0.5, 0.6) is 0 Å². The van der Waals surface area contributed by atoms with Crippen molar-refractivity contribution in [3.63, 3.8) is 0 Å². The summed E-state index contributed by atoms with van der Waals surface area (Å²) in [5.74, 6) is -0.809. The minimum absolute atomic E-state index is 0.116. The molecule has 3 rings (SSSR count). The van der Waals surface area contributed by atoms with Crippen LogP contribution in [0, 0.1) is 5.82 Å². The SMILES string of the molecule is CN(C)c1ccc(NC(=O)Cc2ccc(F)cc2)cc1C(=O)NCc1ccccc1. The molecule has 0 unspecified atom stereocenters. The van der Waals surface area contributed by atoms with Crippen LogP contribution >= 0.6 is 0 Å². The van der Waals surface area contributed by atoms with E-state index in [0.717, 1.165) is 11.3 Å². The van der Waals surface area contributed by atoms with E-state index in [1.54, 1.807) is 30.3 Å². The van der Waals surface area contributed by atoms with Gasteiger partial charge in [-0.2, -0.15) is 0 Å². The molecular formula is C24H24FN3O2. The van der Waals surface area contributed by atoms with Gasteiger partial charge in [-0.25, -0.2) is 4.39 Å². The molecule has 0 bridgehead atoms. The summed E-state index contributed by atoms with van der Waals surface area (Å²) in [6.45, 7) is 0.410. The second-order valence-corrected chi connectivity index (χ2v) is 7.15. The number of amides is 2.